The number of benzene rings is 1. The number of aliphatic hydroxyl groups excluding tert-OH is 1. The molecule has 5 heteroatoms. The lowest BCUT2D eigenvalue weighted by Crippen LogP contribution is -2.05. The molecular weight excluding hydrogens is 293 g/mol. The third-order valence-corrected chi connectivity index (χ3v) is 3.40. The summed E-state index contributed by atoms with van der Waals surface area (Å²) in [5, 5.41) is 11.5. The van der Waals surface area contributed by atoms with Crippen LogP contribution < -0.4 is 0 Å². The highest BCUT2D eigenvalue weighted by molar-refractivity contribution is 6.34. The quantitative estimate of drug-likeness (QED) is 0.916. The Hall–Kier alpha value is -0.800. The van der Waals surface area contributed by atoms with Crippen molar-refractivity contribution in [2.75, 3.05) is 0 Å². The highest BCUT2D eigenvalue weighted by Crippen LogP contribution is 2.27. The summed E-state index contributed by atoms with van der Waals surface area (Å²) in [5.74, 6) is 0. The van der Waals surface area contributed by atoms with Gasteiger partial charge in [-0.2, -0.15) is 0 Å². The molecule has 1 aromatic heterocycles. The van der Waals surface area contributed by atoms with Crippen LogP contribution in [0.5, 0.6) is 0 Å². The van der Waals surface area contributed by atoms with Crippen molar-refractivity contribution in [3.8, 4) is 0 Å². The smallest absolute Gasteiger partial charge is 0.102 e. The number of rotatable bonds is 3. The molecule has 1 aromatic carbocycles. The molecule has 0 spiro atoms. The van der Waals surface area contributed by atoms with E-state index in [-0.39, 0.29) is 0 Å². The molecule has 0 amide bonds. The van der Waals surface area contributed by atoms with Gasteiger partial charge < -0.3 is 5.11 Å². The second-order valence-corrected chi connectivity index (χ2v) is 5.08. The first-order valence-corrected chi connectivity index (χ1v) is 6.43. The molecule has 1 N–H and O–H groups in total. The van der Waals surface area contributed by atoms with Crippen molar-refractivity contribution in [2.45, 2.75) is 12.5 Å². The Morgan fingerprint density at radius 3 is 2.50 bits per heavy atom. The predicted octanol–water partition coefficient (Wildman–Crippen LogP) is 4.32. The van der Waals surface area contributed by atoms with Gasteiger partial charge in [0.15, 0.2) is 0 Å². The van der Waals surface area contributed by atoms with E-state index < -0.39 is 6.10 Å². The Labute approximate surface area is 120 Å². The zero-order valence-electron chi connectivity index (χ0n) is 9.28. The number of nitrogens with zero attached hydrogens (tertiary/aromatic N) is 1. The van der Waals surface area contributed by atoms with Crippen LogP contribution in [0.1, 0.15) is 17.4 Å². The summed E-state index contributed by atoms with van der Waals surface area (Å²) in [6, 6.07) is 8.90. The summed E-state index contributed by atoms with van der Waals surface area (Å²) in [7, 11) is 0. The first-order chi connectivity index (χ1) is 8.58. The van der Waals surface area contributed by atoms with Gasteiger partial charge in [0.2, 0.25) is 0 Å². The van der Waals surface area contributed by atoms with Gasteiger partial charge in [0.05, 0.1) is 15.7 Å². The zero-order valence-corrected chi connectivity index (χ0v) is 11.5. The van der Waals surface area contributed by atoms with Crippen LogP contribution >= 0.6 is 34.8 Å². The second kappa shape index (κ2) is 5.89. The van der Waals surface area contributed by atoms with Crippen LogP contribution in [-0.2, 0) is 6.42 Å². The molecule has 18 heavy (non-hydrogen) atoms. The Bertz CT molecular complexity index is 560. The van der Waals surface area contributed by atoms with Crippen molar-refractivity contribution in [3.63, 3.8) is 0 Å². The monoisotopic (exact) mass is 301 g/mol. The maximum Gasteiger partial charge on any atom is 0.102 e. The highest BCUT2D eigenvalue weighted by Gasteiger charge is 2.15. The van der Waals surface area contributed by atoms with Crippen LogP contribution in [0.25, 0.3) is 0 Å². The number of pyridine rings is 1. The number of aliphatic hydroxyl groups is 1. The minimum atomic E-state index is -0.810. The average molecular weight is 303 g/mol. The molecule has 0 saturated carbocycles. The lowest BCUT2D eigenvalue weighted by Gasteiger charge is -2.12. The molecule has 0 saturated heterocycles. The molecule has 0 aliphatic carbocycles. The third kappa shape index (κ3) is 3.15. The number of halogens is 3. The summed E-state index contributed by atoms with van der Waals surface area (Å²) in [5.41, 5.74) is 1.25. The standard InChI is InChI=1S/C13H10Cl3NO/c14-9-6-11(16)13(17-7-9)12(18)5-8-3-1-2-4-10(8)15/h1-4,6-7,12,18H,5H2. The zero-order chi connectivity index (χ0) is 13.1. The van der Waals surface area contributed by atoms with Crippen LogP contribution in [0, 0.1) is 0 Å². The fraction of sp³-hybridized carbons (Fsp3) is 0.154. The highest BCUT2D eigenvalue weighted by atomic mass is 35.5. The van der Waals surface area contributed by atoms with Crippen LogP contribution in [0.4, 0.5) is 0 Å². The number of hydrogen-bond donors (Lipinski definition) is 1. The molecule has 1 heterocycles. The van der Waals surface area contributed by atoms with Crippen molar-refractivity contribution in [1.29, 1.82) is 0 Å². The van der Waals surface area contributed by atoms with Crippen LogP contribution in [0.3, 0.4) is 0 Å². The first-order valence-electron chi connectivity index (χ1n) is 5.30. The van der Waals surface area contributed by atoms with Gasteiger partial charge in [-0.3, -0.25) is 4.98 Å². The largest absolute Gasteiger partial charge is 0.386 e. The number of aromatic nitrogens is 1. The van der Waals surface area contributed by atoms with Crippen molar-refractivity contribution >= 4 is 34.8 Å². The van der Waals surface area contributed by atoms with E-state index in [1.165, 1.54) is 6.20 Å². The molecule has 0 bridgehead atoms. The van der Waals surface area contributed by atoms with E-state index in [1.54, 1.807) is 12.1 Å². The summed E-state index contributed by atoms with van der Waals surface area (Å²) in [6.45, 7) is 0. The lowest BCUT2D eigenvalue weighted by atomic mass is 10.1. The Morgan fingerprint density at radius 2 is 1.83 bits per heavy atom. The van der Waals surface area contributed by atoms with E-state index in [2.05, 4.69) is 4.98 Å². The van der Waals surface area contributed by atoms with E-state index in [9.17, 15) is 5.11 Å². The van der Waals surface area contributed by atoms with Gasteiger partial charge in [0.1, 0.15) is 6.10 Å². The van der Waals surface area contributed by atoms with Crippen LogP contribution in [-0.4, -0.2) is 10.1 Å². The van der Waals surface area contributed by atoms with E-state index in [0.29, 0.717) is 27.2 Å². The minimum Gasteiger partial charge on any atom is -0.386 e. The minimum absolute atomic E-state index is 0.349. The van der Waals surface area contributed by atoms with Crippen molar-refractivity contribution in [2.24, 2.45) is 0 Å². The van der Waals surface area contributed by atoms with Crippen molar-refractivity contribution in [1.82, 2.24) is 4.98 Å². The Balaban J connectivity index is 2.22. The van der Waals surface area contributed by atoms with Crippen molar-refractivity contribution in [3.05, 3.63) is 62.9 Å². The maximum absolute atomic E-state index is 10.1. The number of hydrogen-bond acceptors (Lipinski definition) is 2. The molecule has 2 nitrogen and oxygen atoms in total. The molecule has 2 rings (SSSR count). The molecule has 94 valence electrons. The SMILES string of the molecule is OC(Cc1ccccc1Cl)c1ncc(Cl)cc1Cl. The first kappa shape index (κ1) is 13.6. The summed E-state index contributed by atoms with van der Waals surface area (Å²) in [4.78, 5) is 4.05. The topological polar surface area (TPSA) is 33.1 Å². The molecule has 1 atom stereocenters. The van der Waals surface area contributed by atoms with Gasteiger partial charge in [-0.25, -0.2) is 0 Å². The third-order valence-electron chi connectivity index (χ3n) is 2.52. The van der Waals surface area contributed by atoms with Gasteiger partial charge >= 0.3 is 0 Å². The second-order valence-electron chi connectivity index (χ2n) is 3.83. The maximum atomic E-state index is 10.1. The molecule has 0 fully saturated rings. The molecule has 0 aliphatic heterocycles. The Morgan fingerprint density at radius 1 is 1.11 bits per heavy atom. The normalized spacial score (nSPS) is 12.4. The molecule has 0 aliphatic rings. The fourth-order valence-electron chi connectivity index (χ4n) is 1.64. The van der Waals surface area contributed by atoms with Crippen LogP contribution in [0.15, 0.2) is 36.5 Å². The van der Waals surface area contributed by atoms with Gasteiger partial charge in [-0.1, -0.05) is 53.0 Å². The Kier molecular flexibility index (Phi) is 4.46. The molecular formula is C13H10Cl3NO. The van der Waals surface area contributed by atoms with E-state index in [1.807, 2.05) is 18.2 Å². The molecule has 0 radical (unpaired) electrons. The predicted molar refractivity (Wildman–Crippen MR) is 74.4 cm³/mol. The van der Waals surface area contributed by atoms with E-state index in [0.717, 1.165) is 5.56 Å². The molecule has 1 unspecified atom stereocenters. The van der Waals surface area contributed by atoms with E-state index in [4.69, 9.17) is 34.8 Å². The average Bonchev–Trinajstić information content (AvgIpc) is 2.32. The van der Waals surface area contributed by atoms with Gasteiger partial charge in [-0.05, 0) is 17.7 Å². The summed E-state index contributed by atoms with van der Waals surface area (Å²) >= 11 is 17.8. The van der Waals surface area contributed by atoms with E-state index >= 15 is 0 Å². The van der Waals surface area contributed by atoms with Crippen molar-refractivity contribution < 1.29 is 5.11 Å². The molecule has 2 aromatic rings. The van der Waals surface area contributed by atoms with Gasteiger partial charge in [-0.15, -0.1) is 0 Å². The fourth-order valence-corrected chi connectivity index (χ4v) is 2.36. The van der Waals surface area contributed by atoms with Crippen LogP contribution in [0.2, 0.25) is 15.1 Å². The lowest BCUT2D eigenvalue weighted by molar-refractivity contribution is 0.174. The summed E-state index contributed by atoms with van der Waals surface area (Å²) < 4.78 is 0. The van der Waals surface area contributed by atoms with Gasteiger partial charge in [0.25, 0.3) is 0 Å². The summed E-state index contributed by atoms with van der Waals surface area (Å²) in [6.07, 6.45) is 1.00. The van der Waals surface area contributed by atoms with Gasteiger partial charge in [0, 0.05) is 17.6 Å².